The van der Waals surface area contributed by atoms with Crippen molar-refractivity contribution in [2.75, 3.05) is 11.9 Å². The highest BCUT2D eigenvalue weighted by Crippen LogP contribution is 2.35. The van der Waals surface area contributed by atoms with Gasteiger partial charge < -0.3 is 10.6 Å². The smallest absolute Gasteiger partial charge is 0.232 e. The molecule has 2 N–H and O–H groups in total. The third-order valence-electron chi connectivity index (χ3n) is 4.48. The topological polar surface area (TPSA) is 58.2 Å². The van der Waals surface area contributed by atoms with Crippen molar-refractivity contribution in [2.24, 2.45) is 0 Å². The second kappa shape index (κ2) is 7.47. The largest absolute Gasteiger partial charge is 0.356 e. The lowest BCUT2D eigenvalue weighted by molar-refractivity contribution is -0.121. The van der Waals surface area contributed by atoms with Crippen LogP contribution in [0.4, 0.5) is 10.1 Å². The number of amides is 2. The molecule has 3 rings (SSSR count). The van der Waals surface area contributed by atoms with Crippen molar-refractivity contribution in [1.82, 2.24) is 5.32 Å². The van der Waals surface area contributed by atoms with E-state index in [-0.39, 0.29) is 30.0 Å². The molecule has 0 bridgehead atoms. The Bertz CT molecular complexity index is 804. The molecule has 1 aliphatic heterocycles. The Labute approximate surface area is 146 Å². The van der Waals surface area contributed by atoms with E-state index in [9.17, 15) is 14.0 Å². The maximum Gasteiger partial charge on any atom is 0.232 e. The Kier molecular flexibility index (Phi) is 5.12. The van der Waals surface area contributed by atoms with Crippen LogP contribution in [0.15, 0.2) is 42.5 Å². The van der Waals surface area contributed by atoms with Crippen molar-refractivity contribution >= 4 is 17.5 Å². The number of fused-ring (bicyclic) bond motifs is 1. The van der Waals surface area contributed by atoms with Gasteiger partial charge in [-0.3, -0.25) is 9.59 Å². The van der Waals surface area contributed by atoms with Crippen molar-refractivity contribution < 1.29 is 14.0 Å². The van der Waals surface area contributed by atoms with E-state index < -0.39 is 0 Å². The first-order chi connectivity index (χ1) is 12.1. The third kappa shape index (κ3) is 4.05. The summed E-state index contributed by atoms with van der Waals surface area (Å²) in [4.78, 5) is 24.2. The Balaban J connectivity index is 1.56. The molecule has 4 nitrogen and oxygen atoms in total. The summed E-state index contributed by atoms with van der Waals surface area (Å²) in [7, 11) is 0. The predicted molar refractivity (Wildman–Crippen MR) is 94.9 cm³/mol. The molecule has 0 aliphatic carbocycles. The molecule has 1 aliphatic rings. The summed E-state index contributed by atoms with van der Waals surface area (Å²) in [6.07, 6.45) is 1.59. The molecule has 25 heavy (non-hydrogen) atoms. The molecule has 2 aromatic carbocycles. The maximum atomic E-state index is 13.1. The first-order valence-electron chi connectivity index (χ1n) is 8.51. The molecule has 0 spiro atoms. The first kappa shape index (κ1) is 17.1. The Morgan fingerprint density at radius 2 is 2.04 bits per heavy atom. The molecule has 130 valence electrons. The highest BCUT2D eigenvalue weighted by Gasteiger charge is 2.30. The SMILES string of the molecule is CCc1ccc2c(c1)[C@@H](CCNC(=O)Cc1cccc(F)c1)C(=O)N2. The molecular formula is C20H21FN2O2. The fourth-order valence-electron chi connectivity index (χ4n) is 3.13. The zero-order valence-corrected chi connectivity index (χ0v) is 14.1. The van der Waals surface area contributed by atoms with Gasteiger partial charge in [-0.2, -0.15) is 0 Å². The maximum absolute atomic E-state index is 13.1. The van der Waals surface area contributed by atoms with Gasteiger partial charge in [0.05, 0.1) is 12.3 Å². The highest BCUT2D eigenvalue weighted by molar-refractivity contribution is 6.02. The van der Waals surface area contributed by atoms with E-state index in [1.807, 2.05) is 12.1 Å². The fourth-order valence-corrected chi connectivity index (χ4v) is 3.13. The second-order valence-corrected chi connectivity index (χ2v) is 6.26. The summed E-state index contributed by atoms with van der Waals surface area (Å²) < 4.78 is 13.1. The van der Waals surface area contributed by atoms with Crippen LogP contribution in [0.5, 0.6) is 0 Å². The third-order valence-corrected chi connectivity index (χ3v) is 4.48. The van der Waals surface area contributed by atoms with Gasteiger partial charge in [0.1, 0.15) is 5.82 Å². The number of halogens is 1. The van der Waals surface area contributed by atoms with Crippen molar-refractivity contribution in [3.63, 3.8) is 0 Å². The Morgan fingerprint density at radius 3 is 2.80 bits per heavy atom. The average molecular weight is 340 g/mol. The number of carbonyl (C=O) groups is 2. The van der Waals surface area contributed by atoms with Crippen LogP contribution in [-0.2, 0) is 22.4 Å². The molecule has 0 aromatic heterocycles. The van der Waals surface area contributed by atoms with E-state index in [1.165, 1.54) is 17.7 Å². The Morgan fingerprint density at radius 1 is 1.20 bits per heavy atom. The van der Waals surface area contributed by atoms with Gasteiger partial charge in [-0.15, -0.1) is 0 Å². The summed E-state index contributed by atoms with van der Waals surface area (Å²) in [6.45, 7) is 2.48. The second-order valence-electron chi connectivity index (χ2n) is 6.26. The van der Waals surface area contributed by atoms with Gasteiger partial charge in [0.2, 0.25) is 11.8 Å². The van der Waals surface area contributed by atoms with Crippen molar-refractivity contribution in [1.29, 1.82) is 0 Å². The van der Waals surface area contributed by atoms with Gasteiger partial charge in [-0.05, 0) is 47.7 Å². The summed E-state index contributed by atoms with van der Waals surface area (Å²) in [5.74, 6) is -0.790. The van der Waals surface area contributed by atoms with Gasteiger partial charge >= 0.3 is 0 Å². The van der Waals surface area contributed by atoms with Gasteiger partial charge in [0.25, 0.3) is 0 Å². The van der Waals surface area contributed by atoms with Gasteiger partial charge in [-0.25, -0.2) is 4.39 Å². The lowest BCUT2D eigenvalue weighted by Crippen LogP contribution is -2.28. The summed E-state index contributed by atoms with van der Waals surface area (Å²) in [5.41, 5.74) is 3.69. The van der Waals surface area contributed by atoms with E-state index in [1.54, 1.807) is 12.1 Å². The van der Waals surface area contributed by atoms with E-state index in [0.29, 0.717) is 18.5 Å². The van der Waals surface area contributed by atoms with Crippen LogP contribution >= 0.6 is 0 Å². The number of hydrogen-bond acceptors (Lipinski definition) is 2. The standard InChI is InChI=1S/C20H21FN2O2/c1-2-13-6-7-18-17(11-13)16(20(25)23-18)8-9-22-19(24)12-14-4-3-5-15(21)10-14/h3-7,10-11,16H,2,8-9,12H2,1H3,(H,22,24)(H,23,25)/t16-/m1/s1. The number of rotatable bonds is 6. The predicted octanol–water partition coefficient (Wildman–Crippen LogP) is 3.17. The number of carbonyl (C=O) groups excluding carboxylic acids is 2. The number of aryl methyl sites for hydroxylation is 1. The van der Waals surface area contributed by atoms with E-state index in [4.69, 9.17) is 0 Å². The van der Waals surface area contributed by atoms with Crippen LogP contribution in [0.2, 0.25) is 0 Å². The van der Waals surface area contributed by atoms with Crippen LogP contribution in [0.3, 0.4) is 0 Å². The summed E-state index contributed by atoms with van der Waals surface area (Å²) in [5, 5.41) is 5.71. The minimum atomic E-state index is -0.351. The van der Waals surface area contributed by atoms with Crippen molar-refractivity contribution in [3.8, 4) is 0 Å². The average Bonchev–Trinajstić information content (AvgIpc) is 2.89. The lowest BCUT2D eigenvalue weighted by atomic mass is 9.95. The molecule has 1 heterocycles. The van der Waals surface area contributed by atoms with E-state index >= 15 is 0 Å². The fraction of sp³-hybridized carbons (Fsp3) is 0.300. The summed E-state index contributed by atoms with van der Waals surface area (Å²) >= 11 is 0. The van der Waals surface area contributed by atoms with E-state index in [2.05, 4.69) is 23.6 Å². The molecular weight excluding hydrogens is 319 g/mol. The molecule has 1 atom stereocenters. The number of benzene rings is 2. The van der Waals surface area contributed by atoms with Crippen molar-refractivity contribution in [2.45, 2.75) is 32.1 Å². The van der Waals surface area contributed by atoms with Gasteiger partial charge in [0, 0.05) is 12.2 Å². The number of anilines is 1. The minimum absolute atomic E-state index is 0.0253. The first-order valence-corrected chi connectivity index (χ1v) is 8.51. The van der Waals surface area contributed by atoms with Crippen LogP contribution in [-0.4, -0.2) is 18.4 Å². The molecule has 0 radical (unpaired) electrons. The molecule has 0 unspecified atom stereocenters. The minimum Gasteiger partial charge on any atom is -0.356 e. The zero-order valence-electron chi connectivity index (χ0n) is 14.1. The number of hydrogen-bond donors (Lipinski definition) is 2. The molecule has 0 saturated heterocycles. The van der Waals surface area contributed by atoms with Crippen LogP contribution < -0.4 is 10.6 Å². The Hall–Kier alpha value is -2.69. The quantitative estimate of drug-likeness (QED) is 0.848. The number of nitrogens with one attached hydrogen (secondary N) is 2. The van der Waals surface area contributed by atoms with Crippen molar-refractivity contribution in [3.05, 3.63) is 65.0 Å². The molecule has 0 saturated carbocycles. The normalized spacial score (nSPS) is 15.6. The van der Waals surface area contributed by atoms with Crippen LogP contribution in [0, 0.1) is 5.82 Å². The van der Waals surface area contributed by atoms with Gasteiger partial charge in [0.15, 0.2) is 0 Å². The lowest BCUT2D eigenvalue weighted by Gasteiger charge is -2.11. The monoisotopic (exact) mass is 340 g/mol. The van der Waals surface area contributed by atoms with Crippen LogP contribution in [0.1, 0.15) is 36.0 Å². The zero-order chi connectivity index (χ0) is 17.8. The molecule has 5 heteroatoms. The summed E-state index contributed by atoms with van der Waals surface area (Å²) in [6, 6.07) is 12.0. The van der Waals surface area contributed by atoms with Crippen LogP contribution in [0.25, 0.3) is 0 Å². The molecule has 2 amide bonds. The van der Waals surface area contributed by atoms with E-state index in [0.717, 1.165) is 17.7 Å². The molecule has 2 aromatic rings. The molecule has 0 fully saturated rings. The van der Waals surface area contributed by atoms with Gasteiger partial charge in [-0.1, -0.05) is 31.2 Å². The highest BCUT2D eigenvalue weighted by atomic mass is 19.1.